The fourth-order valence-electron chi connectivity index (χ4n) is 2.16. The number of imidazole rings is 2. The van der Waals surface area contributed by atoms with Crippen molar-refractivity contribution in [3.05, 3.63) is 44.3 Å². The van der Waals surface area contributed by atoms with Gasteiger partial charge in [-0.1, -0.05) is 0 Å². The van der Waals surface area contributed by atoms with Crippen LogP contribution in [0.3, 0.4) is 0 Å². The zero-order valence-electron chi connectivity index (χ0n) is 13.3. The van der Waals surface area contributed by atoms with Crippen molar-refractivity contribution in [2.45, 2.75) is 0 Å². The van der Waals surface area contributed by atoms with E-state index in [0.717, 1.165) is 12.4 Å². The molecule has 1 aliphatic rings. The maximum absolute atomic E-state index is 10.6. The van der Waals surface area contributed by atoms with Gasteiger partial charge in [-0.2, -0.15) is 10.2 Å². The number of hydrogen-bond donors (Lipinski definition) is 2. The molecule has 0 aromatic carbocycles. The molecule has 3 rings (SSSR count). The second-order valence-electron chi connectivity index (χ2n) is 5.22. The quantitative estimate of drug-likeness (QED) is 0.408. The molecule has 2 aromatic heterocycles. The van der Waals surface area contributed by atoms with E-state index in [0.29, 0.717) is 37.8 Å². The number of nitrogens with one attached hydrogen (secondary N) is 2. The van der Waals surface area contributed by atoms with Gasteiger partial charge in [-0.05, 0) is 9.85 Å². The number of rotatable bonds is 6. The van der Waals surface area contributed by atoms with Crippen LogP contribution in [0.4, 0.5) is 11.6 Å². The number of piperazine rings is 1. The number of aromatic nitrogens is 4. The Morgan fingerprint density at radius 3 is 1.58 bits per heavy atom. The summed E-state index contributed by atoms with van der Waals surface area (Å²) in [5, 5.41) is 33.2. The minimum absolute atomic E-state index is 0.191. The Hall–Kier alpha value is -3.84. The molecule has 136 valence electrons. The maximum Gasteiger partial charge on any atom is 0.340 e. The van der Waals surface area contributed by atoms with Gasteiger partial charge in [-0.15, -0.1) is 0 Å². The van der Waals surface area contributed by atoms with Crippen molar-refractivity contribution in [1.82, 2.24) is 30.0 Å². The van der Waals surface area contributed by atoms with Crippen LogP contribution in [0.5, 0.6) is 0 Å². The van der Waals surface area contributed by atoms with Crippen LogP contribution in [0, 0.1) is 20.2 Å². The summed E-state index contributed by atoms with van der Waals surface area (Å²) < 4.78 is 0. The monoisotopic (exact) mass is 362 g/mol. The van der Waals surface area contributed by atoms with Crippen LogP contribution in [-0.2, 0) is 0 Å². The summed E-state index contributed by atoms with van der Waals surface area (Å²) in [6, 6.07) is 0. The number of nitrogens with zero attached hydrogens (tertiary/aromatic N) is 8. The van der Waals surface area contributed by atoms with E-state index in [4.69, 9.17) is 0 Å². The molecule has 0 aliphatic carbocycles. The number of hydrazone groups is 2. The minimum atomic E-state index is -0.561. The van der Waals surface area contributed by atoms with Crippen LogP contribution in [0.1, 0.15) is 11.6 Å². The summed E-state index contributed by atoms with van der Waals surface area (Å²) in [5.41, 5.74) is 0. The second-order valence-corrected chi connectivity index (χ2v) is 5.22. The number of nitro groups is 2. The number of hydrogen-bond acceptors (Lipinski definition) is 10. The molecular weight excluding hydrogens is 348 g/mol. The predicted molar refractivity (Wildman–Crippen MR) is 88.8 cm³/mol. The van der Waals surface area contributed by atoms with Gasteiger partial charge in [0.25, 0.3) is 0 Å². The van der Waals surface area contributed by atoms with E-state index in [1.165, 1.54) is 12.4 Å². The Balaban J connectivity index is 1.48. The van der Waals surface area contributed by atoms with Gasteiger partial charge in [0.15, 0.2) is 0 Å². The molecule has 0 bridgehead atoms. The summed E-state index contributed by atoms with van der Waals surface area (Å²) >= 11 is 0. The van der Waals surface area contributed by atoms with E-state index in [9.17, 15) is 20.2 Å². The van der Waals surface area contributed by atoms with Crippen molar-refractivity contribution in [3.8, 4) is 0 Å². The molecule has 3 heterocycles. The third-order valence-corrected chi connectivity index (χ3v) is 3.48. The lowest BCUT2D eigenvalue weighted by Gasteiger charge is -2.30. The smallest absolute Gasteiger partial charge is 0.340 e. The fourth-order valence-corrected chi connectivity index (χ4v) is 2.16. The van der Waals surface area contributed by atoms with Crippen LogP contribution in [0.2, 0.25) is 0 Å². The lowest BCUT2D eigenvalue weighted by molar-refractivity contribution is -0.389. The highest BCUT2D eigenvalue weighted by molar-refractivity contribution is 5.75. The summed E-state index contributed by atoms with van der Waals surface area (Å²) in [5.74, 6) is 0.223. The lowest BCUT2D eigenvalue weighted by Crippen LogP contribution is -2.41. The molecule has 14 heteroatoms. The highest BCUT2D eigenvalue weighted by Gasteiger charge is 2.15. The van der Waals surface area contributed by atoms with Gasteiger partial charge >= 0.3 is 11.6 Å². The van der Waals surface area contributed by atoms with Gasteiger partial charge in [-0.25, -0.2) is 19.9 Å². The van der Waals surface area contributed by atoms with Crippen LogP contribution >= 0.6 is 0 Å². The van der Waals surface area contributed by atoms with Crippen LogP contribution < -0.4 is 0 Å². The summed E-state index contributed by atoms with van der Waals surface area (Å²) in [6.45, 7) is 2.37. The van der Waals surface area contributed by atoms with E-state index < -0.39 is 9.85 Å². The van der Waals surface area contributed by atoms with Crippen molar-refractivity contribution in [1.29, 1.82) is 0 Å². The van der Waals surface area contributed by atoms with Gasteiger partial charge in [-0.3, -0.25) is 10.0 Å². The van der Waals surface area contributed by atoms with E-state index in [2.05, 4.69) is 30.1 Å². The van der Waals surface area contributed by atoms with Crippen molar-refractivity contribution in [3.63, 3.8) is 0 Å². The van der Waals surface area contributed by atoms with Crippen molar-refractivity contribution in [2.24, 2.45) is 10.2 Å². The van der Waals surface area contributed by atoms with Gasteiger partial charge < -0.3 is 20.2 Å². The van der Waals surface area contributed by atoms with E-state index in [1.54, 1.807) is 10.0 Å². The second kappa shape index (κ2) is 7.37. The molecule has 0 spiro atoms. The van der Waals surface area contributed by atoms with Crippen molar-refractivity contribution < 1.29 is 9.85 Å². The van der Waals surface area contributed by atoms with Crippen LogP contribution in [0.15, 0.2) is 22.6 Å². The fraction of sp³-hybridized carbons (Fsp3) is 0.333. The first kappa shape index (κ1) is 17.0. The largest absolute Gasteiger partial charge is 0.358 e. The molecule has 1 aliphatic heterocycles. The minimum Gasteiger partial charge on any atom is -0.358 e. The first-order valence-corrected chi connectivity index (χ1v) is 7.48. The molecule has 0 unspecified atom stereocenters. The molecular formula is C12H14N10O4. The first-order chi connectivity index (χ1) is 12.5. The van der Waals surface area contributed by atoms with E-state index >= 15 is 0 Å². The summed E-state index contributed by atoms with van der Waals surface area (Å²) in [4.78, 5) is 32.8. The van der Waals surface area contributed by atoms with Gasteiger partial charge in [0.05, 0.1) is 26.2 Å². The Morgan fingerprint density at radius 1 is 0.885 bits per heavy atom. The Bertz CT molecular complexity index is 778. The van der Waals surface area contributed by atoms with E-state index in [1.807, 2.05) is 0 Å². The molecule has 14 nitrogen and oxygen atoms in total. The predicted octanol–water partition coefficient (Wildman–Crippen LogP) is -0.0652. The topological polar surface area (TPSA) is 175 Å². The SMILES string of the molecule is O=[N+]([O-])c1cnc(C=NN2CCN(N=Cc3ncc([N+](=O)[O-])[nH]3)CC2)[nH]1. The van der Waals surface area contributed by atoms with Crippen LogP contribution in [0.25, 0.3) is 0 Å². The molecule has 2 aromatic rings. The normalized spacial score (nSPS) is 15.2. The highest BCUT2D eigenvalue weighted by Crippen LogP contribution is 2.07. The maximum atomic E-state index is 10.6. The first-order valence-electron chi connectivity index (χ1n) is 7.48. The molecule has 1 saturated heterocycles. The summed E-state index contributed by atoms with van der Waals surface area (Å²) in [6.07, 6.45) is 5.11. The Morgan fingerprint density at radius 2 is 1.27 bits per heavy atom. The average Bonchev–Trinajstić information content (AvgIpc) is 3.28. The standard InChI is InChI=1S/C12H14N10O4/c23-21(24)11-7-13-9(17-11)5-15-19-1-2-20(4-3-19)16-6-10-14-8-12(18-10)22(25)26/h5-8H,1-4H2,(H,13,17)(H,14,18). The zero-order chi connectivity index (χ0) is 18.5. The average molecular weight is 362 g/mol. The van der Waals surface area contributed by atoms with Crippen LogP contribution in [-0.4, -0.2) is 78.4 Å². The molecule has 0 saturated carbocycles. The molecule has 2 N–H and O–H groups in total. The summed E-state index contributed by atoms with van der Waals surface area (Å²) in [7, 11) is 0. The Labute approximate surface area is 145 Å². The molecule has 0 atom stereocenters. The van der Waals surface area contributed by atoms with Gasteiger partial charge in [0.1, 0.15) is 24.8 Å². The molecule has 1 fully saturated rings. The third kappa shape index (κ3) is 4.16. The lowest BCUT2D eigenvalue weighted by atomic mass is 10.4. The number of aromatic amines is 2. The third-order valence-electron chi connectivity index (χ3n) is 3.48. The highest BCUT2D eigenvalue weighted by atomic mass is 16.6. The molecule has 0 radical (unpaired) electrons. The number of H-pyrrole nitrogens is 2. The van der Waals surface area contributed by atoms with Gasteiger partial charge in [0, 0.05) is 0 Å². The van der Waals surface area contributed by atoms with Gasteiger partial charge in [0.2, 0.25) is 11.6 Å². The molecule has 26 heavy (non-hydrogen) atoms. The van der Waals surface area contributed by atoms with Crippen molar-refractivity contribution >= 4 is 24.1 Å². The van der Waals surface area contributed by atoms with E-state index in [-0.39, 0.29) is 11.6 Å². The molecule has 0 amide bonds. The zero-order valence-corrected chi connectivity index (χ0v) is 13.3. The Kier molecular flexibility index (Phi) is 4.82. The van der Waals surface area contributed by atoms with Crippen molar-refractivity contribution in [2.75, 3.05) is 26.2 Å².